The predicted octanol–water partition coefficient (Wildman–Crippen LogP) is 0.776. The van der Waals surface area contributed by atoms with Gasteiger partial charge in [-0.25, -0.2) is 4.98 Å². The van der Waals surface area contributed by atoms with Gasteiger partial charge in [-0.15, -0.1) is 10.2 Å². The van der Waals surface area contributed by atoms with Crippen LogP contribution in [0.5, 0.6) is 5.88 Å². The number of hydrogen-bond acceptors (Lipinski definition) is 6. The van der Waals surface area contributed by atoms with Crippen LogP contribution in [0.15, 0.2) is 18.3 Å². The van der Waals surface area contributed by atoms with Gasteiger partial charge in [-0.2, -0.15) is 5.21 Å². The average molecular weight is 220 g/mol. The molecule has 0 bridgehead atoms. The van der Waals surface area contributed by atoms with E-state index in [9.17, 15) is 0 Å². The van der Waals surface area contributed by atoms with E-state index in [4.69, 9.17) is 4.74 Å². The smallest absolute Gasteiger partial charge is 0.214 e. The number of pyridine rings is 1. The second kappa shape index (κ2) is 4.56. The third kappa shape index (κ3) is 2.25. The SMILES string of the molecule is COc1cc(NC(C)c2nn[nH]n2)ccn1. The lowest BCUT2D eigenvalue weighted by Crippen LogP contribution is -2.08. The lowest BCUT2D eigenvalue weighted by atomic mass is 10.3. The zero-order valence-electron chi connectivity index (χ0n) is 9.01. The Bertz CT molecular complexity index is 443. The van der Waals surface area contributed by atoms with Crippen LogP contribution in [0.1, 0.15) is 18.8 Å². The van der Waals surface area contributed by atoms with Crippen LogP contribution >= 0.6 is 0 Å². The Balaban J connectivity index is 2.08. The number of hydrogen-bond donors (Lipinski definition) is 2. The molecule has 0 spiro atoms. The fourth-order valence-electron chi connectivity index (χ4n) is 1.28. The molecule has 0 aliphatic heterocycles. The summed E-state index contributed by atoms with van der Waals surface area (Å²) < 4.78 is 5.03. The first-order valence-corrected chi connectivity index (χ1v) is 4.79. The maximum absolute atomic E-state index is 5.03. The zero-order chi connectivity index (χ0) is 11.4. The summed E-state index contributed by atoms with van der Waals surface area (Å²) in [6.45, 7) is 1.94. The summed E-state index contributed by atoms with van der Waals surface area (Å²) in [7, 11) is 1.58. The third-order valence-electron chi connectivity index (χ3n) is 2.08. The fourth-order valence-corrected chi connectivity index (χ4v) is 1.28. The molecular weight excluding hydrogens is 208 g/mol. The predicted molar refractivity (Wildman–Crippen MR) is 57.0 cm³/mol. The van der Waals surface area contributed by atoms with Gasteiger partial charge < -0.3 is 10.1 Å². The minimum atomic E-state index is -0.0362. The second-order valence-corrected chi connectivity index (χ2v) is 3.22. The molecule has 0 amide bonds. The number of aromatic amines is 1. The summed E-state index contributed by atoms with van der Waals surface area (Å²) in [6.07, 6.45) is 1.67. The molecule has 7 nitrogen and oxygen atoms in total. The summed E-state index contributed by atoms with van der Waals surface area (Å²) in [5.74, 6) is 1.17. The zero-order valence-corrected chi connectivity index (χ0v) is 9.01. The minimum Gasteiger partial charge on any atom is -0.481 e. The van der Waals surface area contributed by atoms with E-state index in [1.807, 2.05) is 13.0 Å². The van der Waals surface area contributed by atoms with E-state index in [1.165, 1.54) is 0 Å². The van der Waals surface area contributed by atoms with Crippen LogP contribution in [-0.4, -0.2) is 32.7 Å². The first-order chi connectivity index (χ1) is 7.79. The number of nitrogens with zero attached hydrogens (tertiary/aromatic N) is 4. The van der Waals surface area contributed by atoms with E-state index in [1.54, 1.807) is 19.4 Å². The van der Waals surface area contributed by atoms with Gasteiger partial charge in [0.2, 0.25) is 5.88 Å². The second-order valence-electron chi connectivity index (χ2n) is 3.22. The number of nitrogens with one attached hydrogen (secondary N) is 2. The van der Waals surface area contributed by atoms with Crippen molar-refractivity contribution in [3.8, 4) is 5.88 Å². The van der Waals surface area contributed by atoms with Gasteiger partial charge in [-0.05, 0) is 13.0 Å². The highest BCUT2D eigenvalue weighted by molar-refractivity contribution is 5.46. The van der Waals surface area contributed by atoms with E-state index in [2.05, 4.69) is 30.9 Å². The summed E-state index contributed by atoms with van der Waals surface area (Å²) in [6, 6.07) is 3.61. The number of ether oxygens (including phenoxy) is 1. The summed E-state index contributed by atoms with van der Waals surface area (Å²) >= 11 is 0. The molecule has 0 radical (unpaired) electrons. The van der Waals surface area contributed by atoms with Gasteiger partial charge >= 0.3 is 0 Å². The quantitative estimate of drug-likeness (QED) is 0.791. The largest absolute Gasteiger partial charge is 0.481 e. The molecule has 0 fully saturated rings. The Morgan fingerprint density at radius 2 is 2.38 bits per heavy atom. The number of methoxy groups -OCH3 is 1. The number of tetrazole rings is 1. The summed E-state index contributed by atoms with van der Waals surface area (Å²) in [5, 5.41) is 16.9. The molecule has 0 aromatic carbocycles. The van der Waals surface area contributed by atoms with Crippen LogP contribution in [-0.2, 0) is 0 Å². The van der Waals surface area contributed by atoms with Crippen LogP contribution < -0.4 is 10.1 Å². The Morgan fingerprint density at radius 3 is 3.06 bits per heavy atom. The summed E-state index contributed by atoms with van der Waals surface area (Å²) in [4.78, 5) is 4.02. The highest BCUT2D eigenvalue weighted by Crippen LogP contribution is 2.18. The van der Waals surface area contributed by atoms with Crippen LogP contribution in [0.25, 0.3) is 0 Å². The molecule has 7 heteroatoms. The maximum Gasteiger partial charge on any atom is 0.214 e. The molecule has 16 heavy (non-hydrogen) atoms. The fraction of sp³-hybridized carbons (Fsp3) is 0.333. The van der Waals surface area contributed by atoms with Crippen molar-refractivity contribution in [2.24, 2.45) is 0 Å². The first-order valence-electron chi connectivity index (χ1n) is 4.79. The number of anilines is 1. The van der Waals surface area contributed by atoms with Crippen molar-refractivity contribution in [2.45, 2.75) is 13.0 Å². The average Bonchev–Trinajstić information content (AvgIpc) is 2.83. The van der Waals surface area contributed by atoms with Gasteiger partial charge in [-0.1, -0.05) is 5.21 Å². The van der Waals surface area contributed by atoms with E-state index >= 15 is 0 Å². The normalized spacial score (nSPS) is 12.1. The van der Waals surface area contributed by atoms with Crippen LogP contribution in [0, 0.1) is 0 Å². The molecule has 0 aliphatic carbocycles. The molecule has 1 atom stereocenters. The molecule has 0 aliphatic rings. The standard InChI is InChI=1S/C9H12N6O/c1-6(9-12-14-15-13-9)11-7-3-4-10-8(5-7)16-2/h3-6H,1-2H3,(H,10,11)(H,12,13,14,15). The van der Waals surface area contributed by atoms with E-state index in [0.717, 1.165) is 5.69 Å². The number of H-pyrrole nitrogens is 1. The molecule has 2 aromatic rings. The van der Waals surface area contributed by atoms with Crippen LogP contribution in [0.2, 0.25) is 0 Å². The molecule has 2 rings (SSSR count). The topological polar surface area (TPSA) is 88.6 Å². The molecule has 2 N–H and O–H groups in total. The van der Waals surface area contributed by atoms with E-state index in [-0.39, 0.29) is 6.04 Å². The van der Waals surface area contributed by atoms with Crippen molar-refractivity contribution in [2.75, 3.05) is 12.4 Å². The van der Waals surface area contributed by atoms with Crippen molar-refractivity contribution in [1.82, 2.24) is 25.6 Å². The Kier molecular flexibility index (Phi) is 2.95. The first kappa shape index (κ1) is 10.3. The lowest BCUT2D eigenvalue weighted by Gasteiger charge is -2.11. The summed E-state index contributed by atoms with van der Waals surface area (Å²) in [5.41, 5.74) is 0.893. The van der Waals surface area contributed by atoms with Gasteiger partial charge in [0.05, 0.1) is 13.2 Å². The van der Waals surface area contributed by atoms with Gasteiger partial charge in [-0.3, -0.25) is 0 Å². The monoisotopic (exact) mass is 220 g/mol. The maximum atomic E-state index is 5.03. The molecular formula is C9H12N6O. The highest BCUT2D eigenvalue weighted by atomic mass is 16.5. The van der Waals surface area contributed by atoms with Crippen LogP contribution in [0.4, 0.5) is 5.69 Å². The number of aromatic nitrogens is 5. The molecule has 0 saturated heterocycles. The van der Waals surface area contributed by atoms with Crippen molar-refractivity contribution >= 4 is 5.69 Å². The van der Waals surface area contributed by atoms with Crippen molar-refractivity contribution in [1.29, 1.82) is 0 Å². The van der Waals surface area contributed by atoms with Crippen LogP contribution in [0.3, 0.4) is 0 Å². The van der Waals surface area contributed by atoms with E-state index < -0.39 is 0 Å². The Morgan fingerprint density at radius 1 is 1.50 bits per heavy atom. The van der Waals surface area contributed by atoms with Gasteiger partial charge in [0.1, 0.15) is 0 Å². The molecule has 2 aromatic heterocycles. The number of rotatable bonds is 4. The Labute approximate surface area is 92.2 Å². The third-order valence-corrected chi connectivity index (χ3v) is 2.08. The molecule has 0 saturated carbocycles. The van der Waals surface area contributed by atoms with Crippen molar-refractivity contribution in [3.63, 3.8) is 0 Å². The van der Waals surface area contributed by atoms with E-state index in [0.29, 0.717) is 11.7 Å². The van der Waals surface area contributed by atoms with Gasteiger partial charge in [0.15, 0.2) is 5.82 Å². The van der Waals surface area contributed by atoms with Crippen molar-refractivity contribution in [3.05, 3.63) is 24.2 Å². The molecule has 1 unspecified atom stereocenters. The van der Waals surface area contributed by atoms with Gasteiger partial charge in [0.25, 0.3) is 0 Å². The van der Waals surface area contributed by atoms with Gasteiger partial charge in [0, 0.05) is 18.0 Å². The minimum absolute atomic E-state index is 0.0362. The lowest BCUT2D eigenvalue weighted by molar-refractivity contribution is 0.398. The highest BCUT2D eigenvalue weighted by Gasteiger charge is 2.09. The van der Waals surface area contributed by atoms with Crippen molar-refractivity contribution < 1.29 is 4.74 Å². The molecule has 2 heterocycles. The Hall–Kier alpha value is -2.18. The molecule has 84 valence electrons.